The van der Waals surface area contributed by atoms with Gasteiger partial charge in [0.2, 0.25) is 0 Å². The summed E-state index contributed by atoms with van der Waals surface area (Å²) >= 11 is 0. The molecule has 488 valence electrons. The first-order valence-electron chi connectivity index (χ1n) is 32.6. The van der Waals surface area contributed by atoms with E-state index in [-0.39, 0.29) is 23.0 Å². The van der Waals surface area contributed by atoms with Crippen molar-refractivity contribution in [2.45, 2.75) is 158 Å². The number of rotatable bonds is 42. The largest absolute Gasteiger partial charge is 0.491 e. The molecule has 0 aliphatic carbocycles. The Morgan fingerprint density at radius 2 is 0.943 bits per heavy atom. The zero-order valence-electron chi connectivity index (χ0n) is 54.0. The minimum Gasteiger partial charge on any atom is -0.491 e. The van der Waals surface area contributed by atoms with Gasteiger partial charge in [0.25, 0.3) is 0 Å². The van der Waals surface area contributed by atoms with Crippen molar-refractivity contribution in [3.8, 4) is 11.5 Å². The van der Waals surface area contributed by atoms with Crippen LogP contribution in [0.1, 0.15) is 158 Å². The van der Waals surface area contributed by atoms with Gasteiger partial charge in [-0.25, -0.2) is 16.8 Å². The number of anilines is 2. The Morgan fingerprint density at radius 3 is 1.46 bits per heavy atom. The number of hydrogen-bond donors (Lipinski definition) is 4. The molecule has 87 heavy (non-hydrogen) atoms. The number of aliphatic hydroxyl groups is 2. The highest BCUT2D eigenvalue weighted by atomic mass is 32.2. The van der Waals surface area contributed by atoms with Gasteiger partial charge in [-0.05, 0) is 110 Å². The molecule has 0 aromatic heterocycles. The van der Waals surface area contributed by atoms with Crippen LogP contribution in [0.2, 0.25) is 0 Å². The van der Waals surface area contributed by atoms with E-state index in [1.165, 1.54) is 0 Å². The highest BCUT2D eigenvalue weighted by molar-refractivity contribution is 7.91. The molecule has 4 atom stereocenters. The lowest BCUT2D eigenvalue weighted by Gasteiger charge is -2.40. The lowest BCUT2D eigenvalue weighted by atomic mass is 9.68. The Bertz CT molecular complexity index is 2840. The molecule has 18 heteroatoms. The molecule has 0 bridgehead atoms. The Balaban J connectivity index is 0.808. The van der Waals surface area contributed by atoms with Crippen LogP contribution in [0.25, 0.3) is 0 Å². The van der Waals surface area contributed by atoms with E-state index >= 15 is 0 Å². The van der Waals surface area contributed by atoms with E-state index in [1.54, 1.807) is 12.1 Å². The summed E-state index contributed by atoms with van der Waals surface area (Å²) in [6.07, 6.45) is 11.1. The quantitative estimate of drug-likeness (QED) is 0.0306. The summed E-state index contributed by atoms with van der Waals surface area (Å²) in [4.78, 5) is 4.44. The molecule has 16 nitrogen and oxygen atoms in total. The lowest BCUT2D eigenvalue weighted by Crippen LogP contribution is -2.43. The molecule has 4 N–H and O–H groups in total. The first-order chi connectivity index (χ1) is 42.0. The molecule has 0 fully saturated rings. The van der Waals surface area contributed by atoms with E-state index in [4.69, 9.17) is 28.4 Å². The van der Waals surface area contributed by atoms with Crippen LogP contribution < -0.4 is 29.9 Å². The third-order valence-corrected chi connectivity index (χ3v) is 21.5. The van der Waals surface area contributed by atoms with E-state index in [2.05, 4.69) is 38.3 Å². The number of nitrogens with one attached hydrogen (secondary N) is 2. The molecule has 0 saturated carbocycles. The third kappa shape index (κ3) is 20.6. The topological polar surface area (TPSA) is 195 Å². The molecule has 6 rings (SSSR count). The molecule has 2 heterocycles. The predicted molar refractivity (Wildman–Crippen MR) is 351 cm³/mol. The van der Waals surface area contributed by atoms with Crippen LogP contribution in [0.5, 0.6) is 11.5 Å². The predicted octanol–water partition coefficient (Wildman–Crippen LogP) is 11.0. The van der Waals surface area contributed by atoms with Crippen molar-refractivity contribution in [3.63, 3.8) is 0 Å². The van der Waals surface area contributed by atoms with Gasteiger partial charge >= 0.3 is 0 Å². The van der Waals surface area contributed by atoms with E-state index in [9.17, 15) is 27.0 Å². The summed E-state index contributed by atoms with van der Waals surface area (Å²) in [7, 11) is 0.218. The second kappa shape index (κ2) is 36.5. The van der Waals surface area contributed by atoms with Crippen molar-refractivity contribution in [2.75, 3.05) is 142 Å². The minimum atomic E-state index is -3.81. The zero-order valence-corrected chi connectivity index (χ0v) is 55.6. The Kier molecular flexibility index (Phi) is 30.1. The maximum atomic E-state index is 14.5. The summed E-state index contributed by atoms with van der Waals surface area (Å²) < 4.78 is 93.3. The Morgan fingerprint density at radius 1 is 0.471 bits per heavy atom. The van der Waals surface area contributed by atoms with Crippen molar-refractivity contribution in [3.05, 3.63) is 107 Å². The molecule has 2 aliphatic heterocycles. The highest BCUT2D eigenvalue weighted by Crippen LogP contribution is 2.53. The fraction of sp³-hybridized carbons (Fsp3) is 0.652. The van der Waals surface area contributed by atoms with Gasteiger partial charge in [0.1, 0.15) is 24.7 Å². The molecule has 0 radical (unpaired) electrons. The maximum Gasteiger partial charge on any atom is 0.179 e. The zero-order chi connectivity index (χ0) is 62.7. The van der Waals surface area contributed by atoms with Gasteiger partial charge in [-0.3, -0.25) is 0 Å². The van der Waals surface area contributed by atoms with Crippen LogP contribution in [0.3, 0.4) is 0 Å². The average molecular weight is 1250 g/mol. The average Bonchev–Trinajstić information content (AvgIpc) is 1.65. The number of hydrogen-bond acceptors (Lipinski definition) is 16. The molecule has 0 saturated heterocycles. The number of aliphatic hydroxyl groups excluding tert-OH is 2. The van der Waals surface area contributed by atoms with Gasteiger partial charge in [0, 0.05) is 75.7 Å². The van der Waals surface area contributed by atoms with Gasteiger partial charge < -0.3 is 59.1 Å². The molecule has 0 unspecified atom stereocenters. The van der Waals surface area contributed by atoms with Crippen molar-refractivity contribution < 1.29 is 55.5 Å². The number of ether oxygens (including phenoxy) is 6. The summed E-state index contributed by atoms with van der Waals surface area (Å²) in [5.74, 6) is -0.110. The van der Waals surface area contributed by atoms with Crippen molar-refractivity contribution >= 4 is 31.0 Å². The Hall–Kier alpha value is -4.34. The fourth-order valence-electron chi connectivity index (χ4n) is 12.7. The Labute approximate surface area is 523 Å². The number of nitrogens with zero attached hydrogens (tertiary/aromatic N) is 2. The number of unbranched alkanes of at least 4 members (excludes halogenated alkanes) is 6. The van der Waals surface area contributed by atoms with E-state index in [0.29, 0.717) is 113 Å². The van der Waals surface area contributed by atoms with E-state index in [0.717, 1.165) is 119 Å². The first-order valence-corrected chi connectivity index (χ1v) is 35.9. The maximum absolute atomic E-state index is 14.5. The summed E-state index contributed by atoms with van der Waals surface area (Å²) in [5.41, 5.74) is 3.07. The molecule has 4 aromatic carbocycles. The van der Waals surface area contributed by atoms with Gasteiger partial charge in [-0.1, -0.05) is 128 Å². The van der Waals surface area contributed by atoms with Gasteiger partial charge in [-0.15, -0.1) is 0 Å². The van der Waals surface area contributed by atoms with E-state index < -0.39 is 54.5 Å². The van der Waals surface area contributed by atoms with Crippen LogP contribution in [-0.4, -0.2) is 171 Å². The molecular weight excluding hydrogens is 1140 g/mol. The summed E-state index contributed by atoms with van der Waals surface area (Å²) in [6.45, 7) is 16.1. The van der Waals surface area contributed by atoms with Crippen LogP contribution in [-0.2, 0) is 38.6 Å². The normalized spacial score (nSPS) is 19.1. The third-order valence-electron chi connectivity index (χ3n) is 17.5. The van der Waals surface area contributed by atoms with Gasteiger partial charge in [-0.2, -0.15) is 0 Å². The van der Waals surface area contributed by atoms with Crippen LogP contribution in [0.15, 0.2) is 94.7 Å². The summed E-state index contributed by atoms with van der Waals surface area (Å²) in [5, 5.41) is 31.9. The lowest BCUT2D eigenvalue weighted by molar-refractivity contribution is 0.0126. The summed E-state index contributed by atoms with van der Waals surface area (Å²) in [6, 6.07) is 26.7. The van der Waals surface area contributed by atoms with Crippen LogP contribution >= 0.6 is 0 Å². The van der Waals surface area contributed by atoms with E-state index in [1.807, 2.05) is 111 Å². The highest BCUT2D eigenvalue weighted by Gasteiger charge is 2.51. The fourth-order valence-corrected chi connectivity index (χ4v) is 17.1. The van der Waals surface area contributed by atoms with Gasteiger partial charge in [0.05, 0.1) is 92.0 Å². The number of fused-ring (bicyclic) bond motifs is 2. The molecule has 4 aromatic rings. The van der Waals surface area contributed by atoms with Crippen molar-refractivity contribution in [2.24, 2.45) is 10.8 Å². The van der Waals surface area contributed by atoms with Crippen molar-refractivity contribution in [1.82, 2.24) is 10.6 Å². The van der Waals surface area contributed by atoms with Crippen LogP contribution in [0.4, 0.5) is 11.4 Å². The number of benzene rings is 4. The monoisotopic (exact) mass is 1250 g/mol. The smallest absolute Gasteiger partial charge is 0.179 e. The standard InChI is InChI=1S/C69H108N4O12S2/c1-9-13-30-68(31-14-10-2)52-86(76,77)62-29-28-56(72(5)6)49-58(62)65(67(68)75)55-26-23-27-57(48-55)84-46-44-82-42-40-80-38-36-70-34-21-18-22-35-71-37-39-81-41-43-83-45-47-85-61-51-63-59(50-60(61)73(7)8)64(54-24-19-17-20-25-54)66(74)69(32-15-11-3,33-16-12-4)53-87(63,78)79/h17,19-20,23-29,48-51,64-67,70-71,74-75H,9-16,18,21-22,30-47,52-53H2,1-8H3/t64-,65-,66-,67-/m0/s1. The number of sulfone groups is 2. The second-order valence-corrected chi connectivity index (χ2v) is 28.5. The molecule has 0 spiro atoms. The van der Waals surface area contributed by atoms with Gasteiger partial charge in [0.15, 0.2) is 19.7 Å². The molecule has 0 amide bonds. The molecule has 2 aliphatic rings. The van der Waals surface area contributed by atoms with Crippen LogP contribution in [0, 0.1) is 10.8 Å². The van der Waals surface area contributed by atoms with Crippen molar-refractivity contribution in [1.29, 1.82) is 0 Å². The molecular formula is C69H108N4O12S2. The second-order valence-electron chi connectivity index (χ2n) is 24.6. The SMILES string of the molecule is CCCCC1(CCCC)CS(=O)(=O)c2ccc(N(C)C)cc2[C@H](c2cccc(OCCOCCOCCNCCCCCNCCOCCOCCOc3cc4c(cc3N(C)C)[C@H](c3ccccc3)[C@H](O)C(CCCC)(CCCC)CS4(=O)=O)c2)[C@@H]1O. The minimum absolute atomic E-state index is 0.0661. The first kappa shape index (κ1) is 71.7.